The number of nitrogens with zero attached hydrogens (tertiary/aromatic N) is 1. The molecular weight excluding hydrogens is 318 g/mol. The highest BCUT2D eigenvalue weighted by Crippen LogP contribution is 2.25. The molecule has 3 N–H and O–H groups in total. The van der Waals surface area contributed by atoms with Crippen molar-refractivity contribution in [3.8, 4) is 0 Å². The smallest absolute Gasteiger partial charge is 0.372 e. The van der Waals surface area contributed by atoms with Crippen LogP contribution in [0.15, 0.2) is 40.5 Å². The van der Waals surface area contributed by atoms with Crippen LogP contribution < -0.4 is 10.9 Å². The lowest BCUT2D eigenvalue weighted by molar-refractivity contribution is -0.115. The summed E-state index contributed by atoms with van der Waals surface area (Å²) in [6.45, 7) is 0. The minimum Gasteiger partial charge on any atom is -0.475 e. The second-order valence-corrected chi connectivity index (χ2v) is 5.62. The lowest BCUT2D eigenvalue weighted by atomic mass is 10.1. The van der Waals surface area contributed by atoms with Crippen LogP contribution in [0, 0.1) is 0 Å². The number of hydrogen-bond acceptors (Lipinski definition) is 5. The van der Waals surface area contributed by atoms with Crippen LogP contribution in [0.1, 0.15) is 16.2 Å². The molecule has 0 bridgehead atoms. The Labute approximate surface area is 133 Å². The van der Waals surface area contributed by atoms with Gasteiger partial charge in [-0.1, -0.05) is 30.3 Å². The van der Waals surface area contributed by atoms with Crippen LogP contribution in [0.25, 0.3) is 10.2 Å². The van der Waals surface area contributed by atoms with E-state index in [1.807, 2.05) is 30.3 Å². The van der Waals surface area contributed by atoms with Gasteiger partial charge in [-0.2, -0.15) is 0 Å². The van der Waals surface area contributed by atoms with Crippen LogP contribution in [-0.4, -0.2) is 27.0 Å². The fourth-order valence-electron chi connectivity index (χ4n) is 2.12. The number of fused-ring (bicyclic) bond motifs is 1. The predicted molar refractivity (Wildman–Crippen MR) is 86.0 cm³/mol. The number of carboxylic acid groups (broad SMARTS) is 1. The number of aromatic nitrogens is 2. The summed E-state index contributed by atoms with van der Waals surface area (Å²) >= 11 is 1.10. The van der Waals surface area contributed by atoms with Crippen molar-refractivity contribution in [2.75, 3.05) is 5.32 Å². The third kappa shape index (κ3) is 3.11. The first-order valence-electron chi connectivity index (χ1n) is 6.63. The molecule has 0 unspecified atom stereocenters. The zero-order chi connectivity index (χ0) is 16.4. The maximum absolute atomic E-state index is 12.1. The van der Waals surface area contributed by atoms with E-state index >= 15 is 0 Å². The first kappa shape index (κ1) is 14.9. The standard InChI is InChI=1S/C15H11N3O4S/c19-10(6-8-4-2-1-3-5-8)16-9-7-23-14-11(9)13(20)17-12(18-14)15(21)22/h1-5,7H,6H2,(H,16,19)(H,21,22)(H,17,18,20). The summed E-state index contributed by atoms with van der Waals surface area (Å²) in [5.41, 5.74) is 0.588. The number of rotatable bonds is 4. The molecule has 0 atom stereocenters. The minimum absolute atomic E-state index is 0.177. The van der Waals surface area contributed by atoms with E-state index in [9.17, 15) is 14.4 Å². The number of aromatic amines is 1. The molecule has 0 aliphatic carbocycles. The van der Waals surface area contributed by atoms with Gasteiger partial charge in [-0.05, 0) is 5.56 Å². The van der Waals surface area contributed by atoms with Gasteiger partial charge in [0.2, 0.25) is 11.7 Å². The molecule has 8 heteroatoms. The zero-order valence-corrected chi connectivity index (χ0v) is 12.5. The number of carbonyl (C=O) groups excluding carboxylic acids is 1. The molecule has 0 saturated carbocycles. The van der Waals surface area contributed by atoms with Crippen molar-refractivity contribution < 1.29 is 14.7 Å². The van der Waals surface area contributed by atoms with E-state index in [0.717, 1.165) is 16.9 Å². The fraction of sp³-hybridized carbons (Fsp3) is 0.0667. The van der Waals surface area contributed by atoms with Gasteiger partial charge in [-0.3, -0.25) is 9.59 Å². The lowest BCUT2D eigenvalue weighted by Gasteiger charge is -2.04. The second kappa shape index (κ2) is 6.01. The normalized spacial score (nSPS) is 10.6. The highest BCUT2D eigenvalue weighted by Gasteiger charge is 2.16. The van der Waals surface area contributed by atoms with Crippen LogP contribution in [0.4, 0.5) is 5.69 Å². The van der Waals surface area contributed by atoms with Crippen molar-refractivity contribution in [3.63, 3.8) is 0 Å². The number of thiophene rings is 1. The summed E-state index contributed by atoms with van der Waals surface area (Å²) in [5, 5.41) is 13.3. The van der Waals surface area contributed by atoms with Crippen LogP contribution in [0.5, 0.6) is 0 Å². The van der Waals surface area contributed by atoms with Crippen LogP contribution >= 0.6 is 11.3 Å². The number of benzene rings is 1. The van der Waals surface area contributed by atoms with Crippen LogP contribution in [0.2, 0.25) is 0 Å². The van der Waals surface area contributed by atoms with Gasteiger partial charge in [-0.25, -0.2) is 9.78 Å². The van der Waals surface area contributed by atoms with E-state index in [1.54, 1.807) is 5.38 Å². The fourth-order valence-corrected chi connectivity index (χ4v) is 2.99. The maximum Gasteiger partial charge on any atom is 0.372 e. The molecular formula is C15H11N3O4S. The van der Waals surface area contributed by atoms with Gasteiger partial charge in [-0.15, -0.1) is 11.3 Å². The van der Waals surface area contributed by atoms with Crippen LogP contribution in [0.3, 0.4) is 0 Å². The monoisotopic (exact) mass is 329 g/mol. The number of carbonyl (C=O) groups is 2. The Kier molecular flexibility index (Phi) is 3.90. The van der Waals surface area contributed by atoms with Crippen molar-refractivity contribution in [1.29, 1.82) is 0 Å². The third-order valence-corrected chi connectivity index (χ3v) is 4.00. The average molecular weight is 329 g/mol. The molecule has 1 amide bonds. The first-order valence-corrected chi connectivity index (χ1v) is 7.51. The van der Waals surface area contributed by atoms with Crippen molar-refractivity contribution in [1.82, 2.24) is 9.97 Å². The Bertz CT molecular complexity index is 946. The molecule has 0 saturated heterocycles. The van der Waals surface area contributed by atoms with Gasteiger partial charge in [0, 0.05) is 5.38 Å². The molecule has 7 nitrogen and oxygen atoms in total. The number of carboxylic acids is 1. The largest absolute Gasteiger partial charge is 0.475 e. The summed E-state index contributed by atoms with van der Waals surface area (Å²) in [6.07, 6.45) is 0.177. The summed E-state index contributed by atoms with van der Waals surface area (Å²) in [5.74, 6) is -2.00. The average Bonchev–Trinajstić information content (AvgIpc) is 2.91. The SMILES string of the molecule is O=C(Cc1ccccc1)Nc1csc2nc(C(=O)O)[nH]c(=O)c12. The zero-order valence-electron chi connectivity index (χ0n) is 11.7. The summed E-state index contributed by atoms with van der Waals surface area (Å²) in [7, 11) is 0. The highest BCUT2D eigenvalue weighted by atomic mass is 32.1. The summed E-state index contributed by atoms with van der Waals surface area (Å²) in [4.78, 5) is 41.3. The molecule has 0 spiro atoms. The highest BCUT2D eigenvalue weighted by molar-refractivity contribution is 7.17. The molecule has 0 radical (unpaired) electrons. The molecule has 116 valence electrons. The van der Waals surface area contributed by atoms with E-state index in [0.29, 0.717) is 5.69 Å². The molecule has 3 aromatic rings. The number of nitrogens with one attached hydrogen (secondary N) is 2. The Balaban J connectivity index is 1.88. The van der Waals surface area contributed by atoms with Gasteiger partial charge in [0.25, 0.3) is 5.56 Å². The van der Waals surface area contributed by atoms with Gasteiger partial charge in [0.1, 0.15) is 10.2 Å². The van der Waals surface area contributed by atoms with Crippen molar-refractivity contribution >= 4 is 39.1 Å². The number of amides is 1. The molecule has 0 aliphatic heterocycles. The first-order chi connectivity index (χ1) is 11.0. The molecule has 2 aromatic heterocycles. The second-order valence-electron chi connectivity index (χ2n) is 4.76. The van der Waals surface area contributed by atoms with Gasteiger partial charge < -0.3 is 15.4 Å². The number of H-pyrrole nitrogens is 1. The van der Waals surface area contributed by atoms with E-state index < -0.39 is 17.4 Å². The van der Waals surface area contributed by atoms with Gasteiger partial charge >= 0.3 is 5.97 Å². The number of aromatic carboxylic acids is 1. The van der Waals surface area contributed by atoms with Crippen LogP contribution in [-0.2, 0) is 11.2 Å². The Morgan fingerprint density at radius 3 is 2.70 bits per heavy atom. The maximum atomic E-state index is 12.1. The minimum atomic E-state index is -1.31. The Hall–Kier alpha value is -3.00. The summed E-state index contributed by atoms with van der Waals surface area (Å²) in [6, 6.07) is 9.20. The van der Waals surface area contributed by atoms with Crippen molar-refractivity contribution in [2.45, 2.75) is 6.42 Å². The van der Waals surface area contributed by atoms with E-state index in [4.69, 9.17) is 5.11 Å². The number of hydrogen-bond donors (Lipinski definition) is 3. The summed E-state index contributed by atoms with van der Waals surface area (Å²) < 4.78 is 0. The number of anilines is 1. The van der Waals surface area contributed by atoms with E-state index in [-0.39, 0.29) is 22.5 Å². The van der Waals surface area contributed by atoms with Gasteiger partial charge in [0.15, 0.2) is 0 Å². The Morgan fingerprint density at radius 1 is 1.26 bits per heavy atom. The molecule has 1 aromatic carbocycles. The van der Waals surface area contributed by atoms with E-state index in [1.165, 1.54) is 0 Å². The predicted octanol–water partition coefficient (Wildman–Crippen LogP) is 1.86. The van der Waals surface area contributed by atoms with Crippen molar-refractivity contribution in [2.24, 2.45) is 0 Å². The topological polar surface area (TPSA) is 112 Å². The molecule has 2 heterocycles. The van der Waals surface area contributed by atoms with Crippen molar-refractivity contribution in [3.05, 3.63) is 57.5 Å². The molecule has 23 heavy (non-hydrogen) atoms. The Morgan fingerprint density at radius 2 is 2.00 bits per heavy atom. The lowest BCUT2D eigenvalue weighted by Crippen LogP contribution is -2.18. The van der Waals surface area contributed by atoms with Gasteiger partial charge in [0.05, 0.1) is 12.1 Å². The third-order valence-electron chi connectivity index (χ3n) is 3.13. The quantitative estimate of drug-likeness (QED) is 0.676. The molecule has 3 rings (SSSR count). The van der Waals surface area contributed by atoms with E-state index in [2.05, 4.69) is 15.3 Å². The molecule has 0 fully saturated rings. The molecule has 0 aliphatic rings.